The number of hydrogen-bond donors (Lipinski definition) is 2. The van der Waals surface area contributed by atoms with Gasteiger partial charge in [0.25, 0.3) is 11.8 Å². The lowest BCUT2D eigenvalue weighted by Gasteiger charge is -2.11. The molecule has 0 aliphatic heterocycles. The van der Waals surface area contributed by atoms with Crippen LogP contribution in [0, 0.1) is 6.92 Å². The molecule has 164 valence electrons. The van der Waals surface area contributed by atoms with Crippen LogP contribution in [0.1, 0.15) is 38.4 Å². The lowest BCUT2D eigenvalue weighted by Crippen LogP contribution is -2.25. The van der Waals surface area contributed by atoms with E-state index in [1.54, 1.807) is 12.1 Å². The molecule has 33 heavy (non-hydrogen) atoms. The molecule has 0 bridgehead atoms. The molecule has 0 saturated heterocycles. The number of anilines is 1. The zero-order valence-electron chi connectivity index (χ0n) is 18.2. The lowest BCUT2D eigenvalue weighted by atomic mass is 10.1. The summed E-state index contributed by atoms with van der Waals surface area (Å²) in [6.07, 6.45) is 2.05. The van der Waals surface area contributed by atoms with Crippen molar-refractivity contribution >= 4 is 28.8 Å². The molecule has 1 saturated carbocycles. The second kappa shape index (κ2) is 9.00. The van der Waals surface area contributed by atoms with Gasteiger partial charge in [-0.3, -0.25) is 9.59 Å². The quantitative estimate of drug-likeness (QED) is 0.380. The van der Waals surface area contributed by atoms with Crippen molar-refractivity contribution in [1.82, 2.24) is 10.3 Å². The van der Waals surface area contributed by atoms with Gasteiger partial charge in [0.2, 0.25) is 0 Å². The predicted octanol–water partition coefficient (Wildman–Crippen LogP) is 5.93. The third-order valence-electron chi connectivity index (χ3n) is 5.56. The van der Waals surface area contributed by atoms with Crippen LogP contribution < -0.4 is 10.6 Å². The minimum absolute atomic E-state index is 0.109. The van der Waals surface area contributed by atoms with Crippen LogP contribution in [0.4, 0.5) is 5.69 Å². The first-order chi connectivity index (χ1) is 16.1. The minimum atomic E-state index is -0.239. The van der Waals surface area contributed by atoms with Crippen LogP contribution >= 0.6 is 11.3 Å². The number of aryl methyl sites for hydroxylation is 1. The van der Waals surface area contributed by atoms with Crippen molar-refractivity contribution in [3.8, 4) is 21.8 Å². The van der Waals surface area contributed by atoms with Crippen LogP contribution in [0.2, 0.25) is 0 Å². The Morgan fingerprint density at radius 1 is 0.879 bits per heavy atom. The maximum Gasteiger partial charge on any atom is 0.268 e. The Morgan fingerprint density at radius 2 is 1.55 bits per heavy atom. The van der Waals surface area contributed by atoms with E-state index in [-0.39, 0.29) is 17.9 Å². The van der Waals surface area contributed by atoms with Crippen LogP contribution in [0.5, 0.6) is 0 Å². The Balaban J connectivity index is 1.48. The van der Waals surface area contributed by atoms with Gasteiger partial charge in [-0.15, -0.1) is 11.3 Å². The molecule has 1 aliphatic carbocycles. The number of nitrogens with zero attached hydrogens (tertiary/aromatic N) is 1. The number of aromatic nitrogens is 1. The number of thiazole rings is 1. The second-order valence-corrected chi connectivity index (χ2v) is 9.16. The first kappa shape index (κ1) is 21.1. The molecular weight excluding hydrogens is 430 g/mol. The Labute approximate surface area is 196 Å². The Morgan fingerprint density at radius 3 is 2.21 bits per heavy atom. The molecule has 1 fully saturated rings. The summed E-state index contributed by atoms with van der Waals surface area (Å²) in [5.74, 6) is -0.349. The van der Waals surface area contributed by atoms with E-state index in [4.69, 9.17) is 4.98 Å². The van der Waals surface area contributed by atoms with Gasteiger partial charge < -0.3 is 10.6 Å². The van der Waals surface area contributed by atoms with E-state index in [0.29, 0.717) is 21.8 Å². The normalized spacial score (nSPS) is 12.9. The van der Waals surface area contributed by atoms with E-state index in [1.165, 1.54) is 11.3 Å². The highest BCUT2D eigenvalue weighted by Crippen LogP contribution is 2.34. The number of carbonyl (C=O) groups excluding carboxylic acids is 2. The van der Waals surface area contributed by atoms with Crippen LogP contribution in [-0.2, 0) is 0 Å². The summed E-state index contributed by atoms with van der Waals surface area (Å²) >= 11 is 1.37. The highest BCUT2D eigenvalue weighted by atomic mass is 32.1. The number of benzene rings is 3. The van der Waals surface area contributed by atoms with Gasteiger partial charge in [-0.25, -0.2) is 4.98 Å². The van der Waals surface area contributed by atoms with Crippen molar-refractivity contribution in [3.63, 3.8) is 0 Å². The molecule has 5 rings (SSSR count). The van der Waals surface area contributed by atoms with E-state index in [9.17, 15) is 9.59 Å². The highest BCUT2D eigenvalue weighted by Gasteiger charge is 2.25. The fourth-order valence-electron chi connectivity index (χ4n) is 3.54. The second-order valence-electron chi connectivity index (χ2n) is 8.16. The topological polar surface area (TPSA) is 71.1 Å². The summed E-state index contributed by atoms with van der Waals surface area (Å²) in [6, 6.07) is 25.2. The van der Waals surface area contributed by atoms with E-state index >= 15 is 0 Å². The van der Waals surface area contributed by atoms with Gasteiger partial charge in [0.1, 0.15) is 9.88 Å². The molecule has 1 aromatic heterocycles. The van der Waals surface area contributed by atoms with Gasteiger partial charge >= 0.3 is 0 Å². The molecule has 0 spiro atoms. The van der Waals surface area contributed by atoms with Crippen LogP contribution in [0.25, 0.3) is 21.8 Å². The third-order valence-corrected chi connectivity index (χ3v) is 6.67. The summed E-state index contributed by atoms with van der Waals surface area (Å²) in [5, 5.41) is 6.80. The third kappa shape index (κ3) is 4.71. The summed E-state index contributed by atoms with van der Waals surface area (Å²) in [5.41, 5.74) is 4.55. The molecule has 3 aromatic carbocycles. The smallest absolute Gasteiger partial charge is 0.268 e. The molecule has 4 aromatic rings. The Bertz CT molecular complexity index is 1310. The summed E-state index contributed by atoms with van der Waals surface area (Å²) < 4.78 is 0. The highest BCUT2D eigenvalue weighted by molar-refractivity contribution is 7.17. The van der Waals surface area contributed by atoms with Gasteiger partial charge in [0.05, 0.1) is 5.69 Å². The van der Waals surface area contributed by atoms with Gasteiger partial charge in [-0.05, 0) is 37.5 Å². The SMILES string of the molecule is Cc1ccc(C(=O)NC2CC2)cc1NC(=O)c1sc(-c2ccccc2)nc1-c1ccccc1. The van der Waals surface area contributed by atoms with Gasteiger partial charge in [-0.1, -0.05) is 66.7 Å². The monoisotopic (exact) mass is 453 g/mol. The van der Waals surface area contributed by atoms with Crippen molar-refractivity contribution < 1.29 is 9.59 Å². The first-order valence-electron chi connectivity index (χ1n) is 10.9. The fourth-order valence-corrected chi connectivity index (χ4v) is 4.53. The largest absolute Gasteiger partial charge is 0.349 e. The van der Waals surface area contributed by atoms with Crippen molar-refractivity contribution in [2.75, 3.05) is 5.32 Å². The predicted molar refractivity (Wildman–Crippen MR) is 133 cm³/mol. The first-order valence-corrected chi connectivity index (χ1v) is 11.7. The fraction of sp³-hybridized carbons (Fsp3) is 0.148. The number of rotatable bonds is 6. The Kier molecular flexibility index (Phi) is 5.75. The minimum Gasteiger partial charge on any atom is -0.349 e. The van der Waals surface area contributed by atoms with Crippen LogP contribution in [-0.4, -0.2) is 22.8 Å². The number of carbonyl (C=O) groups is 2. The van der Waals surface area contributed by atoms with E-state index in [2.05, 4.69) is 10.6 Å². The van der Waals surface area contributed by atoms with Crippen LogP contribution in [0.3, 0.4) is 0 Å². The van der Waals surface area contributed by atoms with Gasteiger partial charge in [-0.2, -0.15) is 0 Å². The molecule has 0 atom stereocenters. The molecule has 2 amide bonds. The molecule has 6 heteroatoms. The summed E-state index contributed by atoms with van der Waals surface area (Å²) in [4.78, 5) is 31.3. The van der Waals surface area contributed by atoms with Gasteiger partial charge in [0.15, 0.2) is 0 Å². The zero-order valence-corrected chi connectivity index (χ0v) is 19.0. The average molecular weight is 454 g/mol. The van der Waals surface area contributed by atoms with Crippen molar-refractivity contribution in [2.24, 2.45) is 0 Å². The average Bonchev–Trinajstić information content (AvgIpc) is 3.54. The molecule has 5 nitrogen and oxygen atoms in total. The Hall–Kier alpha value is -3.77. The van der Waals surface area contributed by atoms with Crippen molar-refractivity contribution in [1.29, 1.82) is 0 Å². The standard InChI is InChI=1S/C27H23N3O2S/c1-17-12-13-20(25(31)28-21-14-15-21)16-22(17)29-26(32)24-23(18-8-4-2-5-9-18)30-27(33-24)19-10-6-3-7-11-19/h2-13,16,21H,14-15H2,1H3,(H,28,31)(H,29,32). The zero-order chi connectivity index (χ0) is 22.8. The molecule has 1 heterocycles. The molecule has 0 unspecified atom stereocenters. The summed E-state index contributed by atoms with van der Waals surface area (Å²) in [7, 11) is 0. The number of hydrogen-bond acceptors (Lipinski definition) is 4. The molecule has 2 N–H and O–H groups in total. The van der Waals surface area contributed by atoms with Crippen molar-refractivity contribution in [2.45, 2.75) is 25.8 Å². The maximum absolute atomic E-state index is 13.4. The molecule has 0 radical (unpaired) electrons. The van der Waals surface area contributed by atoms with E-state index < -0.39 is 0 Å². The lowest BCUT2D eigenvalue weighted by molar-refractivity contribution is 0.0949. The number of amides is 2. The van der Waals surface area contributed by atoms with E-state index in [0.717, 1.165) is 34.5 Å². The van der Waals surface area contributed by atoms with Gasteiger partial charge in [0, 0.05) is 28.4 Å². The molecular formula is C27H23N3O2S. The maximum atomic E-state index is 13.4. The molecule has 1 aliphatic rings. The number of nitrogens with one attached hydrogen (secondary N) is 2. The summed E-state index contributed by atoms with van der Waals surface area (Å²) in [6.45, 7) is 1.92. The van der Waals surface area contributed by atoms with Crippen LogP contribution in [0.15, 0.2) is 78.9 Å². The van der Waals surface area contributed by atoms with Crippen molar-refractivity contribution in [3.05, 3.63) is 94.9 Å². The van der Waals surface area contributed by atoms with E-state index in [1.807, 2.05) is 73.7 Å².